The summed E-state index contributed by atoms with van der Waals surface area (Å²) in [7, 11) is 5.84. The molecule has 1 saturated carbocycles. The molecule has 1 aromatic rings. The molecule has 104 valence electrons. The molecule has 4 heteroatoms. The molecule has 1 amide bonds. The van der Waals surface area contributed by atoms with E-state index in [9.17, 15) is 4.79 Å². The van der Waals surface area contributed by atoms with E-state index < -0.39 is 0 Å². The maximum absolute atomic E-state index is 12.3. The van der Waals surface area contributed by atoms with Crippen molar-refractivity contribution < 1.29 is 4.79 Å². The van der Waals surface area contributed by atoms with Gasteiger partial charge in [-0.25, -0.2) is 0 Å². The van der Waals surface area contributed by atoms with E-state index in [2.05, 4.69) is 0 Å². The van der Waals surface area contributed by atoms with Crippen LogP contribution in [0.15, 0.2) is 24.3 Å². The van der Waals surface area contributed by atoms with Crippen LogP contribution in [0.5, 0.6) is 0 Å². The number of benzene rings is 1. The molecular weight excluding hydrogens is 260 g/mol. The van der Waals surface area contributed by atoms with Gasteiger partial charge in [0.2, 0.25) is 0 Å². The van der Waals surface area contributed by atoms with Crippen LogP contribution in [0.4, 0.5) is 5.69 Å². The number of hydrogen-bond donors (Lipinski definition) is 0. The fraction of sp³-hybridized carbons (Fsp3) is 0.533. The van der Waals surface area contributed by atoms with Gasteiger partial charge in [0.25, 0.3) is 5.91 Å². The monoisotopic (exact) mass is 280 g/mol. The van der Waals surface area contributed by atoms with E-state index >= 15 is 0 Å². The van der Waals surface area contributed by atoms with E-state index in [4.69, 9.17) is 11.6 Å². The van der Waals surface area contributed by atoms with Crippen molar-refractivity contribution in [2.45, 2.75) is 18.2 Å². The summed E-state index contributed by atoms with van der Waals surface area (Å²) in [5, 5.41) is 0.313. The third-order valence-electron chi connectivity index (χ3n) is 3.69. The van der Waals surface area contributed by atoms with Crippen molar-refractivity contribution in [3.05, 3.63) is 29.8 Å². The summed E-state index contributed by atoms with van der Waals surface area (Å²) in [4.78, 5) is 16.1. The van der Waals surface area contributed by atoms with Crippen molar-refractivity contribution in [1.29, 1.82) is 0 Å². The van der Waals surface area contributed by atoms with Crippen LogP contribution in [-0.4, -0.2) is 43.9 Å². The number of anilines is 1. The van der Waals surface area contributed by atoms with Crippen LogP contribution < -0.4 is 4.90 Å². The zero-order valence-corrected chi connectivity index (χ0v) is 12.5. The van der Waals surface area contributed by atoms with Crippen LogP contribution in [-0.2, 0) is 0 Å². The molecule has 0 unspecified atom stereocenters. The number of halogens is 1. The van der Waals surface area contributed by atoms with Gasteiger partial charge in [0.15, 0.2) is 0 Å². The Morgan fingerprint density at radius 1 is 1.21 bits per heavy atom. The van der Waals surface area contributed by atoms with Crippen molar-refractivity contribution >= 4 is 23.2 Å². The second kappa shape index (κ2) is 5.83. The molecular formula is C15H21ClN2O. The van der Waals surface area contributed by atoms with Crippen molar-refractivity contribution in [1.82, 2.24) is 4.90 Å². The Hall–Kier alpha value is -1.22. The van der Waals surface area contributed by atoms with Crippen molar-refractivity contribution in [3.8, 4) is 0 Å². The summed E-state index contributed by atoms with van der Waals surface area (Å²) >= 11 is 5.96. The highest BCUT2D eigenvalue weighted by atomic mass is 35.5. The highest BCUT2D eigenvalue weighted by Gasteiger charge is 2.29. The molecule has 0 heterocycles. The summed E-state index contributed by atoms with van der Waals surface area (Å²) < 4.78 is 0. The van der Waals surface area contributed by atoms with Gasteiger partial charge < -0.3 is 9.80 Å². The number of rotatable bonds is 4. The molecule has 2 rings (SSSR count). The van der Waals surface area contributed by atoms with Gasteiger partial charge in [0.1, 0.15) is 0 Å². The highest BCUT2D eigenvalue weighted by Crippen LogP contribution is 2.32. The smallest absolute Gasteiger partial charge is 0.253 e. The molecule has 0 aliphatic heterocycles. The topological polar surface area (TPSA) is 23.6 Å². The highest BCUT2D eigenvalue weighted by molar-refractivity contribution is 6.21. The molecule has 0 spiro atoms. The van der Waals surface area contributed by atoms with E-state index in [1.807, 2.05) is 50.3 Å². The Balaban J connectivity index is 1.94. The van der Waals surface area contributed by atoms with E-state index in [-0.39, 0.29) is 5.91 Å². The number of nitrogens with zero attached hydrogens (tertiary/aromatic N) is 2. The van der Waals surface area contributed by atoms with Gasteiger partial charge in [0.05, 0.1) is 0 Å². The lowest BCUT2D eigenvalue weighted by molar-refractivity contribution is 0.0747. The van der Waals surface area contributed by atoms with Crippen LogP contribution >= 0.6 is 11.6 Å². The minimum atomic E-state index is 0.0864. The Bertz CT molecular complexity index is 438. The lowest BCUT2D eigenvalue weighted by Gasteiger charge is -2.34. The minimum absolute atomic E-state index is 0.0864. The Morgan fingerprint density at radius 2 is 1.79 bits per heavy atom. The third-order valence-corrected chi connectivity index (χ3v) is 4.04. The lowest BCUT2D eigenvalue weighted by Crippen LogP contribution is -2.37. The SMILES string of the molecule is CN(CC1CC(Cl)C1)C(=O)c1ccc(N(C)C)cc1. The second-order valence-electron chi connectivity index (χ2n) is 5.56. The molecule has 1 aliphatic rings. The van der Waals surface area contributed by atoms with Gasteiger partial charge in [-0.15, -0.1) is 11.6 Å². The summed E-state index contributed by atoms with van der Waals surface area (Å²) in [5.74, 6) is 0.654. The molecule has 19 heavy (non-hydrogen) atoms. The number of hydrogen-bond acceptors (Lipinski definition) is 2. The van der Waals surface area contributed by atoms with Crippen LogP contribution in [0.25, 0.3) is 0 Å². The van der Waals surface area contributed by atoms with Crippen molar-refractivity contribution in [2.75, 3.05) is 32.6 Å². The molecule has 0 atom stereocenters. The summed E-state index contributed by atoms with van der Waals surface area (Å²) in [6.07, 6.45) is 2.05. The summed E-state index contributed by atoms with van der Waals surface area (Å²) in [5.41, 5.74) is 1.85. The van der Waals surface area contributed by atoms with E-state index in [0.717, 1.165) is 30.6 Å². The van der Waals surface area contributed by atoms with Gasteiger partial charge >= 0.3 is 0 Å². The standard InChI is InChI=1S/C15H21ClN2O/c1-17(2)14-6-4-12(5-7-14)15(19)18(3)10-11-8-13(16)9-11/h4-7,11,13H,8-10H2,1-3H3. The Morgan fingerprint density at radius 3 is 2.26 bits per heavy atom. The van der Waals surface area contributed by atoms with Gasteiger partial charge in [-0.3, -0.25) is 4.79 Å². The molecule has 0 bridgehead atoms. The fourth-order valence-electron chi connectivity index (χ4n) is 2.40. The minimum Gasteiger partial charge on any atom is -0.378 e. The van der Waals surface area contributed by atoms with E-state index in [0.29, 0.717) is 11.3 Å². The van der Waals surface area contributed by atoms with Crippen LogP contribution in [0.1, 0.15) is 23.2 Å². The van der Waals surface area contributed by atoms with E-state index in [1.165, 1.54) is 0 Å². The van der Waals surface area contributed by atoms with Gasteiger partial charge in [-0.1, -0.05) is 0 Å². The van der Waals surface area contributed by atoms with Crippen LogP contribution in [0.2, 0.25) is 0 Å². The van der Waals surface area contributed by atoms with Crippen molar-refractivity contribution in [3.63, 3.8) is 0 Å². The number of carbonyl (C=O) groups excluding carboxylic acids is 1. The molecule has 0 saturated heterocycles. The Labute approximate surface area is 120 Å². The van der Waals surface area contributed by atoms with Gasteiger partial charge in [-0.05, 0) is 43.0 Å². The first-order valence-electron chi connectivity index (χ1n) is 6.64. The maximum Gasteiger partial charge on any atom is 0.253 e. The first-order chi connectivity index (χ1) is 8.97. The predicted octanol–water partition coefficient (Wildman–Crippen LogP) is 2.84. The van der Waals surface area contributed by atoms with E-state index in [1.54, 1.807) is 4.90 Å². The molecule has 0 N–H and O–H groups in total. The summed E-state index contributed by atoms with van der Waals surface area (Å²) in [6, 6.07) is 7.72. The second-order valence-corrected chi connectivity index (χ2v) is 6.18. The number of amides is 1. The average molecular weight is 281 g/mol. The zero-order valence-electron chi connectivity index (χ0n) is 11.8. The molecule has 3 nitrogen and oxygen atoms in total. The predicted molar refractivity (Wildman–Crippen MR) is 80.1 cm³/mol. The zero-order chi connectivity index (χ0) is 14.0. The third kappa shape index (κ3) is 3.41. The molecule has 0 aromatic heterocycles. The maximum atomic E-state index is 12.3. The quantitative estimate of drug-likeness (QED) is 0.792. The molecule has 1 aromatic carbocycles. The fourth-order valence-corrected chi connectivity index (χ4v) is 2.90. The molecule has 0 radical (unpaired) electrons. The Kier molecular flexibility index (Phi) is 4.35. The lowest BCUT2D eigenvalue weighted by atomic mass is 9.84. The van der Waals surface area contributed by atoms with Crippen LogP contribution in [0, 0.1) is 5.92 Å². The first-order valence-corrected chi connectivity index (χ1v) is 7.08. The average Bonchev–Trinajstić information content (AvgIpc) is 2.36. The van der Waals surface area contributed by atoms with Gasteiger partial charge in [0, 0.05) is 44.3 Å². The first kappa shape index (κ1) is 14.2. The number of alkyl halides is 1. The number of carbonyl (C=O) groups is 1. The van der Waals surface area contributed by atoms with Gasteiger partial charge in [-0.2, -0.15) is 0 Å². The molecule has 1 fully saturated rings. The summed E-state index contributed by atoms with van der Waals surface area (Å²) in [6.45, 7) is 0.803. The normalized spacial score (nSPS) is 21.7. The largest absolute Gasteiger partial charge is 0.378 e. The van der Waals surface area contributed by atoms with Crippen molar-refractivity contribution in [2.24, 2.45) is 5.92 Å². The van der Waals surface area contributed by atoms with Crippen LogP contribution in [0.3, 0.4) is 0 Å². The molecule has 1 aliphatic carbocycles.